The number of esters is 1. The monoisotopic (exact) mass is 442 g/mol. The molecular weight excluding hydrogens is 427 g/mol. The van der Waals surface area contributed by atoms with Crippen LogP contribution >= 0.6 is 23.2 Å². The summed E-state index contributed by atoms with van der Waals surface area (Å²) >= 11 is 11.9. The largest absolute Gasteiger partial charge is 0.497 e. The van der Waals surface area contributed by atoms with Crippen LogP contribution in [0.1, 0.15) is 26.3 Å². The third kappa shape index (κ3) is 5.59. The van der Waals surface area contributed by atoms with E-state index in [4.69, 9.17) is 32.7 Å². The van der Waals surface area contributed by atoms with Crippen LogP contribution in [0, 0.1) is 0 Å². The third-order valence-electron chi connectivity index (χ3n) is 3.95. The van der Waals surface area contributed by atoms with Crippen molar-refractivity contribution in [3.63, 3.8) is 0 Å². The summed E-state index contributed by atoms with van der Waals surface area (Å²) in [6, 6.07) is 17.8. The molecule has 6 nitrogen and oxygen atoms in total. The van der Waals surface area contributed by atoms with Gasteiger partial charge in [0.05, 0.1) is 23.9 Å². The molecule has 0 aliphatic heterocycles. The lowest BCUT2D eigenvalue weighted by Crippen LogP contribution is -2.17. The van der Waals surface area contributed by atoms with Crippen LogP contribution in [0.2, 0.25) is 10.0 Å². The van der Waals surface area contributed by atoms with Crippen molar-refractivity contribution in [2.45, 2.75) is 0 Å². The van der Waals surface area contributed by atoms with Crippen LogP contribution in [-0.2, 0) is 0 Å². The van der Waals surface area contributed by atoms with Crippen molar-refractivity contribution < 1.29 is 19.1 Å². The molecule has 0 atom stereocenters. The summed E-state index contributed by atoms with van der Waals surface area (Å²) < 4.78 is 10.4. The lowest BCUT2D eigenvalue weighted by Gasteiger charge is -2.07. The first-order valence-electron chi connectivity index (χ1n) is 8.71. The van der Waals surface area contributed by atoms with Gasteiger partial charge in [-0.25, -0.2) is 10.2 Å². The van der Waals surface area contributed by atoms with Crippen molar-refractivity contribution in [3.8, 4) is 11.5 Å². The van der Waals surface area contributed by atoms with Crippen molar-refractivity contribution in [1.29, 1.82) is 0 Å². The standard InChI is InChI=1S/C22H16Cl2N2O4/c1-29-17-8-5-15(6-9-17)21(27)26-25-13-14-3-2-4-18(11-14)30-22(28)19-10-7-16(23)12-20(19)24/h2-13H,1H3,(H,26,27)/b25-13+. The van der Waals surface area contributed by atoms with E-state index in [1.807, 2.05) is 0 Å². The van der Waals surface area contributed by atoms with Gasteiger partial charge in [-0.15, -0.1) is 0 Å². The number of carbonyl (C=O) groups is 2. The topological polar surface area (TPSA) is 77.0 Å². The fourth-order valence-corrected chi connectivity index (χ4v) is 2.93. The van der Waals surface area contributed by atoms with E-state index in [-0.39, 0.29) is 16.5 Å². The van der Waals surface area contributed by atoms with Gasteiger partial charge in [0.15, 0.2) is 0 Å². The van der Waals surface area contributed by atoms with Gasteiger partial charge in [-0.3, -0.25) is 4.79 Å². The number of hydrogen-bond donors (Lipinski definition) is 1. The average Bonchev–Trinajstić information content (AvgIpc) is 2.74. The summed E-state index contributed by atoms with van der Waals surface area (Å²) in [4.78, 5) is 24.4. The van der Waals surface area contributed by atoms with E-state index in [0.29, 0.717) is 27.6 Å². The zero-order chi connectivity index (χ0) is 21.5. The first-order chi connectivity index (χ1) is 14.5. The van der Waals surface area contributed by atoms with E-state index in [1.165, 1.54) is 18.3 Å². The molecule has 1 N–H and O–H groups in total. The van der Waals surface area contributed by atoms with Crippen molar-refractivity contribution in [2.75, 3.05) is 7.11 Å². The number of hydrogen-bond acceptors (Lipinski definition) is 5. The predicted octanol–water partition coefficient (Wildman–Crippen LogP) is 4.99. The molecule has 3 rings (SSSR count). The molecule has 0 radical (unpaired) electrons. The summed E-state index contributed by atoms with van der Waals surface area (Å²) in [5.74, 6) is -0.0230. The second kappa shape index (κ2) is 9.91. The molecule has 0 saturated carbocycles. The normalized spacial score (nSPS) is 10.6. The summed E-state index contributed by atoms with van der Waals surface area (Å²) in [5.41, 5.74) is 3.70. The molecule has 0 heterocycles. The van der Waals surface area contributed by atoms with Gasteiger partial charge >= 0.3 is 5.97 Å². The number of nitrogens with zero attached hydrogens (tertiary/aromatic N) is 1. The van der Waals surface area contributed by atoms with E-state index in [2.05, 4.69) is 10.5 Å². The molecule has 0 spiro atoms. The smallest absolute Gasteiger partial charge is 0.345 e. The number of hydrazone groups is 1. The Kier molecular flexibility index (Phi) is 7.06. The van der Waals surface area contributed by atoms with Gasteiger partial charge in [-0.1, -0.05) is 35.3 Å². The average molecular weight is 443 g/mol. The minimum Gasteiger partial charge on any atom is -0.497 e. The molecule has 0 aliphatic rings. The van der Waals surface area contributed by atoms with E-state index < -0.39 is 5.97 Å². The highest BCUT2D eigenvalue weighted by Gasteiger charge is 2.13. The molecule has 152 valence electrons. The van der Waals surface area contributed by atoms with Gasteiger partial charge in [0.2, 0.25) is 0 Å². The molecule has 1 amide bonds. The van der Waals surface area contributed by atoms with Gasteiger partial charge in [0.25, 0.3) is 5.91 Å². The van der Waals surface area contributed by atoms with Gasteiger partial charge in [0.1, 0.15) is 11.5 Å². The van der Waals surface area contributed by atoms with Crippen molar-refractivity contribution in [1.82, 2.24) is 5.43 Å². The summed E-state index contributed by atoms with van der Waals surface area (Å²) in [6.45, 7) is 0. The molecule has 0 fully saturated rings. The summed E-state index contributed by atoms with van der Waals surface area (Å²) in [6.07, 6.45) is 1.44. The number of amides is 1. The fraction of sp³-hybridized carbons (Fsp3) is 0.0455. The highest BCUT2D eigenvalue weighted by Crippen LogP contribution is 2.23. The van der Waals surface area contributed by atoms with E-state index in [1.54, 1.807) is 61.7 Å². The molecule has 0 aliphatic carbocycles. The van der Waals surface area contributed by atoms with Gasteiger partial charge in [0, 0.05) is 10.6 Å². The Morgan fingerprint density at radius 3 is 2.43 bits per heavy atom. The van der Waals surface area contributed by atoms with Gasteiger partial charge in [-0.05, 0) is 60.2 Å². The minimum atomic E-state index is -0.612. The number of halogens is 2. The van der Waals surface area contributed by atoms with Crippen LogP contribution in [-0.4, -0.2) is 25.2 Å². The molecule has 3 aromatic rings. The molecule has 3 aromatic carbocycles. The second-order valence-electron chi connectivity index (χ2n) is 6.01. The number of carbonyl (C=O) groups excluding carboxylic acids is 2. The lowest BCUT2D eigenvalue weighted by atomic mass is 10.2. The predicted molar refractivity (Wildman–Crippen MR) is 116 cm³/mol. The van der Waals surface area contributed by atoms with Crippen LogP contribution in [0.3, 0.4) is 0 Å². The summed E-state index contributed by atoms with van der Waals surface area (Å²) in [7, 11) is 1.55. The lowest BCUT2D eigenvalue weighted by molar-refractivity contribution is 0.0734. The van der Waals surface area contributed by atoms with Crippen LogP contribution in [0.15, 0.2) is 71.8 Å². The highest BCUT2D eigenvalue weighted by atomic mass is 35.5. The third-order valence-corrected chi connectivity index (χ3v) is 4.50. The maximum atomic E-state index is 12.3. The Morgan fingerprint density at radius 1 is 0.967 bits per heavy atom. The Bertz CT molecular complexity index is 1100. The second-order valence-corrected chi connectivity index (χ2v) is 6.86. The first kappa shape index (κ1) is 21.4. The van der Waals surface area contributed by atoms with Crippen LogP contribution in [0.4, 0.5) is 0 Å². The quantitative estimate of drug-likeness (QED) is 0.252. The molecule has 30 heavy (non-hydrogen) atoms. The zero-order valence-corrected chi connectivity index (χ0v) is 17.3. The Hall–Kier alpha value is -3.35. The van der Waals surface area contributed by atoms with Crippen LogP contribution in [0.5, 0.6) is 11.5 Å². The molecule has 0 aromatic heterocycles. The maximum Gasteiger partial charge on any atom is 0.345 e. The Morgan fingerprint density at radius 2 is 1.73 bits per heavy atom. The molecule has 8 heteroatoms. The highest BCUT2D eigenvalue weighted by molar-refractivity contribution is 6.36. The van der Waals surface area contributed by atoms with Gasteiger partial charge < -0.3 is 9.47 Å². The number of methoxy groups -OCH3 is 1. The first-order valence-corrected chi connectivity index (χ1v) is 9.46. The van der Waals surface area contributed by atoms with Crippen molar-refractivity contribution >= 4 is 41.3 Å². The zero-order valence-electron chi connectivity index (χ0n) is 15.8. The number of nitrogens with one attached hydrogen (secondary N) is 1. The SMILES string of the molecule is COc1ccc(C(=O)N/N=C/c2cccc(OC(=O)c3ccc(Cl)cc3Cl)c2)cc1. The van der Waals surface area contributed by atoms with E-state index >= 15 is 0 Å². The van der Waals surface area contributed by atoms with Crippen LogP contribution in [0.25, 0.3) is 0 Å². The van der Waals surface area contributed by atoms with Crippen molar-refractivity contribution in [2.24, 2.45) is 5.10 Å². The van der Waals surface area contributed by atoms with Crippen LogP contribution < -0.4 is 14.9 Å². The Balaban J connectivity index is 1.63. The fourth-order valence-electron chi connectivity index (χ4n) is 2.45. The molecule has 0 unspecified atom stereocenters. The molecule has 0 saturated heterocycles. The molecular formula is C22H16Cl2N2O4. The van der Waals surface area contributed by atoms with Crippen molar-refractivity contribution in [3.05, 3.63) is 93.5 Å². The Labute approximate surface area is 183 Å². The van der Waals surface area contributed by atoms with E-state index in [9.17, 15) is 9.59 Å². The van der Waals surface area contributed by atoms with Gasteiger partial charge in [-0.2, -0.15) is 5.10 Å². The summed E-state index contributed by atoms with van der Waals surface area (Å²) in [5, 5.41) is 4.55. The number of rotatable bonds is 6. The number of ether oxygens (including phenoxy) is 2. The minimum absolute atomic E-state index is 0.200. The van der Waals surface area contributed by atoms with E-state index in [0.717, 1.165) is 0 Å². The molecule has 0 bridgehead atoms. The maximum absolute atomic E-state index is 12.3. The number of benzene rings is 3.